The SMILES string of the molecule is CCNCc1cc2ccncc2s1. The molecule has 0 aromatic carbocycles. The van der Waals surface area contributed by atoms with Crippen molar-refractivity contribution in [1.29, 1.82) is 0 Å². The van der Waals surface area contributed by atoms with E-state index in [2.05, 4.69) is 29.4 Å². The maximum atomic E-state index is 4.10. The van der Waals surface area contributed by atoms with Gasteiger partial charge in [-0.15, -0.1) is 11.3 Å². The molecule has 13 heavy (non-hydrogen) atoms. The Morgan fingerprint density at radius 3 is 3.23 bits per heavy atom. The van der Waals surface area contributed by atoms with E-state index in [9.17, 15) is 0 Å². The minimum absolute atomic E-state index is 0.968. The van der Waals surface area contributed by atoms with Gasteiger partial charge in [-0.2, -0.15) is 0 Å². The average Bonchev–Trinajstić information content (AvgIpc) is 2.57. The molecule has 0 radical (unpaired) electrons. The third-order valence-electron chi connectivity index (χ3n) is 1.92. The van der Waals surface area contributed by atoms with Gasteiger partial charge in [0.05, 0.1) is 4.70 Å². The average molecular weight is 192 g/mol. The largest absolute Gasteiger partial charge is 0.312 e. The number of aromatic nitrogens is 1. The number of thiophene rings is 1. The minimum atomic E-state index is 0.968. The lowest BCUT2D eigenvalue weighted by Gasteiger charge is -1.94. The minimum Gasteiger partial charge on any atom is -0.312 e. The number of pyridine rings is 1. The van der Waals surface area contributed by atoms with Gasteiger partial charge in [-0.05, 0) is 24.1 Å². The van der Waals surface area contributed by atoms with Crippen LogP contribution in [0.3, 0.4) is 0 Å². The Balaban J connectivity index is 2.28. The van der Waals surface area contributed by atoms with E-state index in [4.69, 9.17) is 0 Å². The normalized spacial score (nSPS) is 10.8. The van der Waals surface area contributed by atoms with Crippen molar-refractivity contribution in [2.24, 2.45) is 0 Å². The summed E-state index contributed by atoms with van der Waals surface area (Å²) >= 11 is 1.81. The van der Waals surface area contributed by atoms with Crippen molar-refractivity contribution in [3.05, 3.63) is 29.4 Å². The van der Waals surface area contributed by atoms with E-state index < -0.39 is 0 Å². The molecule has 0 unspecified atom stereocenters. The molecule has 0 amide bonds. The van der Waals surface area contributed by atoms with Crippen molar-refractivity contribution < 1.29 is 0 Å². The highest BCUT2D eigenvalue weighted by molar-refractivity contribution is 7.19. The molecule has 0 saturated heterocycles. The van der Waals surface area contributed by atoms with Gasteiger partial charge < -0.3 is 5.32 Å². The summed E-state index contributed by atoms with van der Waals surface area (Å²) in [6.45, 7) is 4.11. The lowest BCUT2D eigenvalue weighted by molar-refractivity contribution is 0.736. The van der Waals surface area contributed by atoms with Crippen LogP contribution in [0.5, 0.6) is 0 Å². The van der Waals surface area contributed by atoms with Crippen molar-refractivity contribution in [1.82, 2.24) is 10.3 Å². The Bertz CT molecular complexity index is 361. The quantitative estimate of drug-likeness (QED) is 0.807. The Kier molecular flexibility index (Phi) is 2.57. The summed E-state index contributed by atoms with van der Waals surface area (Å²) in [6, 6.07) is 4.28. The molecule has 0 saturated carbocycles. The zero-order chi connectivity index (χ0) is 9.10. The zero-order valence-electron chi connectivity index (χ0n) is 7.58. The Hall–Kier alpha value is -0.930. The number of rotatable bonds is 3. The van der Waals surface area contributed by atoms with E-state index in [1.165, 1.54) is 15.0 Å². The number of hydrogen-bond acceptors (Lipinski definition) is 3. The summed E-state index contributed by atoms with van der Waals surface area (Å²) in [5, 5.41) is 4.61. The van der Waals surface area contributed by atoms with E-state index >= 15 is 0 Å². The Morgan fingerprint density at radius 2 is 2.46 bits per heavy atom. The number of nitrogens with one attached hydrogen (secondary N) is 1. The molecule has 68 valence electrons. The van der Waals surface area contributed by atoms with Crippen LogP contribution >= 0.6 is 11.3 Å². The first kappa shape index (κ1) is 8.66. The van der Waals surface area contributed by atoms with Gasteiger partial charge in [-0.1, -0.05) is 6.92 Å². The highest BCUT2D eigenvalue weighted by Crippen LogP contribution is 2.23. The van der Waals surface area contributed by atoms with Gasteiger partial charge in [0.1, 0.15) is 0 Å². The van der Waals surface area contributed by atoms with Crippen LogP contribution in [-0.2, 0) is 6.54 Å². The molecule has 0 aliphatic carbocycles. The fourth-order valence-electron chi connectivity index (χ4n) is 1.27. The fourth-order valence-corrected chi connectivity index (χ4v) is 2.28. The van der Waals surface area contributed by atoms with Gasteiger partial charge in [-0.3, -0.25) is 4.98 Å². The second-order valence-electron chi connectivity index (χ2n) is 2.91. The smallest absolute Gasteiger partial charge is 0.0529 e. The molecule has 0 fully saturated rings. The van der Waals surface area contributed by atoms with Crippen LogP contribution in [0.2, 0.25) is 0 Å². The molecule has 0 spiro atoms. The summed E-state index contributed by atoms with van der Waals surface area (Å²) < 4.78 is 1.27. The third kappa shape index (κ3) is 1.87. The van der Waals surface area contributed by atoms with Crippen LogP contribution in [0.25, 0.3) is 10.1 Å². The molecule has 0 aliphatic heterocycles. The molecule has 2 aromatic rings. The summed E-state index contributed by atoms with van der Waals surface area (Å²) in [4.78, 5) is 5.48. The van der Waals surface area contributed by atoms with E-state index in [0.717, 1.165) is 13.1 Å². The molecule has 2 aromatic heterocycles. The second-order valence-corrected chi connectivity index (χ2v) is 4.07. The fraction of sp³-hybridized carbons (Fsp3) is 0.300. The topological polar surface area (TPSA) is 24.9 Å². The van der Waals surface area contributed by atoms with Gasteiger partial charge >= 0.3 is 0 Å². The van der Waals surface area contributed by atoms with Crippen molar-refractivity contribution >= 4 is 21.4 Å². The predicted molar refractivity (Wildman–Crippen MR) is 57.0 cm³/mol. The van der Waals surface area contributed by atoms with Crippen molar-refractivity contribution in [3.63, 3.8) is 0 Å². The summed E-state index contributed by atoms with van der Waals surface area (Å²) in [5.74, 6) is 0. The molecule has 0 aliphatic rings. The first-order valence-corrected chi connectivity index (χ1v) is 5.25. The first-order chi connectivity index (χ1) is 6.40. The molecule has 2 nitrogen and oxygen atoms in total. The molecular weight excluding hydrogens is 180 g/mol. The summed E-state index contributed by atoms with van der Waals surface area (Å²) in [6.07, 6.45) is 3.77. The number of fused-ring (bicyclic) bond motifs is 1. The molecule has 2 heterocycles. The molecule has 1 N–H and O–H groups in total. The zero-order valence-corrected chi connectivity index (χ0v) is 8.40. The monoisotopic (exact) mass is 192 g/mol. The highest BCUT2D eigenvalue weighted by Gasteiger charge is 1.99. The second kappa shape index (κ2) is 3.85. The lowest BCUT2D eigenvalue weighted by Crippen LogP contribution is -2.10. The van der Waals surface area contributed by atoms with E-state index in [1.807, 2.05) is 23.7 Å². The van der Waals surface area contributed by atoms with E-state index in [0.29, 0.717) is 0 Å². The predicted octanol–water partition coefficient (Wildman–Crippen LogP) is 2.41. The maximum absolute atomic E-state index is 4.10. The summed E-state index contributed by atoms with van der Waals surface area (Å²) in [5.41, 5.74) is 0. The van der Waals surface area contributed by atoms with Crippen LogP contribution in [0.1, 0.15) is 11.8 Å². The van der Waals surface area contributed by atoms with Gasteiger partial charge in [0.15, 0.2) is 0 Å². The molecule has 0 bridgehead atoms. The lowest BCUT2D eigenvalue weighted by atomic mass is 10.3. The maximum Gasteiger partial charge on any atom is 0.0529 e. The molecule has 0 atom stereocenters. The van der Waals surface area contributed by atoms with E-state index in [1.54, 1.807) is 0 Å². The first-order valence-electron chi connectivity index (χ1n) is 4.43. The van der Waals surface area contributed by atoms with Crippen molar-refractivity contribution in [2.45, 2.75) is 13.5 Å². The van der Waals surface area contributed by atoms with Crippen LogP contribution in [-0.4, -0.2) is 11.5 Å². The Morgan fingerprint density at radius 1 is 1.54 bits per heavy atom. The molecule has 2 rings (SSSR count). The van der Waals surface area contributed by atoms with Crippen LogP contribution in [0.4, 0.5) is 0 Å². The van der Waals surface area contributed by atoms with E-state index in [-0.39, 0.29) is 0 Å². The molecular formula is C10H12N2S. The van der Waals surface area contributed by atoms with Crippen molar-refractivity contribution in [3.8, 4) is 0 Å². The van der Waals surface area contributed by atoms with Crippen LogP contribution in [0.15, 0.2) is 24.5 Å². The van der Waals surface area contributed by atoms with Gasteiger partial charge in [0.25, 0.3) is 0 Å². The highest BCUT2D eigenvalue weighted by atomic mass is 32.1. The summed E-state index contributed by atoms with van der Waals surface area (Å²) in [7, 11) is 0. The molecule has 3 heteroatoms. The van der Waals surface area contributed by atoms with Gasteiger partial charge in [0.2, 0.25) is 0 Å². The third-order valence-corrected chi connectivity index (χ3v) is 3.01. The number of nitrogens with zero attached hydrogens (tertiary/aromatic N) is 1. The Labute approximate surface area is 81.6 Å². The standard InChI is InChI=1S/C10H12N2S/c1-2-11-6-9-5-8-3-4-12-7-10(8)13-9/h3-5,7,11H,2,6H2,1H3. The number of hydrogen-bond donors (Lipinski definition) is 1. The van der Waals surface area contributed by atoms with Gasteiger partial charge in [-0.25, -0.2) is 0 Å². The van der Waals surface area contributed by atoms with Crippen molar-refractivity contribution in [2.75, 3.05) is 6.54 Å². The van der Waals surface area contributed by atoms with Gasteiger partial charge in [0, 0.05) is 23.8 Å². The van der Waals surface area contributed by atoms with Crippen LogP contribution < -0.4 is 5.32 Å². The van der Waals surface area contributed by atoms with Crippen LogP contribution in [0, 0.1) is 0 Å².